The predicted molar refractivity (Wildman–Crippen MR) is 138 cm³/mol. The molecule has 35 heavy (non-hydrogen) atoms. The monoisotopic (exact) mass is 471 g/mol. The number of carboxylic acids is 1. The van der Waals surface area contributed by atoms with Gasteiger partial charge in [-0.1, -0.05) is 30.3 Å². The number of hydrogen-bond acceptors (Lipinski definition) is 4. The first-order valence-electron chi connectivity index (χ1n) is 12.6. The van der Waals surface area contributed by atoms with Crippen LogP contribution in [0.15, 0.2) is 60.7 Å². The van der Waals surface area contributed by atoms with Crippen molar-refractivity contribution in [1.29, 1.82) is 0 Å². The Bertz CT molecular complexity index is 1190. The van der Waals surface area contributed by atoms with Crippen LogP contribution < -0.4 is 10.1 Å². The van der Waals surface area contributed by atoms with Crippen LogP contribution in [0.25, 0.3) is 11.1 Å². The molecule has 0 radical (unpaired) electrons. The van der Waals surface area contributed by atoms with Gasteiger partial charge < -0.3 is 19.9 Å². The number of aryl methyl sites for hydroxylation is 2. The van der Waals surface area contributed by atoms with Crippen molar-refractivity contribution >= 4 is 11.7 Å². The first-order chi connectivity index (χ1) is 17.1. The Kier molecular flexibility index (Phi) is 7.05. The minimum Gasteiger partial charge on any atom is -0.491 e. The second-order valence-corrected chi connectivity index (χ2v) is 9.47. The van der Waals surface area contributed by atoms with Crippen molar-refractivity contribution in [2.45, 2.75) is 45.1 Å². The molecular formula is C30H33NO4. The van der Waals surface area contributed by atoms with E-state index < -0.39 is 5.97 Å². The zero-order chi connectivity index (χ0) is 24.2. The van der Waals surface area contributed by atoms with E-state index in [0.717, 1.165) is 49.2 Å². The molecule has 5 rings (SSSR count). The highest BCUT2D eigenvalue weighted by atomic mass is 16.5. The van der Waals surface area contributed by atoms with E-state index in [1.165, 1.54) is 27.8 Å². The number of ether oxygens (including phenoxy) is 2. The molecule has 2 atom stereocenters. The summed E-state index contributed by atoms with van der Waals surface area (Å²) in [5.41, 5.74) is 8.78. The van der Waals surface area contributed by atoms with Gasteiger partial charge >= 0.3 is 5.97 Å². The number of anilines is 1. The number of nitrogens with one attached hydrogen (secondary N) is 1. The summed E-state index contributed by atoms with van der Waals surface area (Å²) in [6.07, 6.45) is 4.02. The van der Waals surface area contributed by atoms with Gasteiger partial charge in [-0.2, -0.15) is 0 Å². The molecule has 0 heterocycles. The van der Waals surface area contributed by atoms with Crippen molar-refractivity contribution < 1.29 is 19.4 Å². The lowest BCUT2D eigenvalue weighted by molar-refractivity contribution is -0.138. The zero-order valence-corrected chi connectivity index (χ0v) is 20.3. The normalized spacial score (nSPS) is 18.2. The fraction of sp³-hybridized carbons (Fsp3) is 0.367. The molecule has 0 amide bonds. The van der Waals surface area contributed by atoms with E-state index in [9.17, 15) is 4.79 Å². The van der Waals surface area contributed by atoms with Crippen molar-refractivity contribution in [2.75, 3.05) is 25.1 Å². The number of carbonyl (C=O) groups is 1. The Balaban J connectivity index is 1.26. The molecule has 1 fully saturated rings. The number of carboxylic acid groups (broad SMARTS) is 1. The van der Waals surface area contributed by atoms with Gasteiger partial charge in [0.1, 0.15) is 12.4 Å². The van der Waals surface area contributed by atoms with Gasteiger partial charge in [0.25, 0.3) is 0 Å². The molecule has 2 aliphatic rings. The summed E-state index contributed by atoms with van der Waals surface area (Å²) in [5.74, 6) is 0.178. The summed E-state index contributed by atoms with van der Waals surface area (Å²) in [7, 11) is 0. The van der Waals surface area contributed by atoms with Crippen LogP contribution in [-0.4, -0.2) is 30.9 Å². The third-order valence-corrected chi connectivity index (χ3v) is 7.08. The Morgan fingerprint density at radius 3 is 2.57 bits per heavy atom. The first-order valence-corrected chi connectivity index (χ1v) is 12.6. The summed E-state index contributed by atoms with van der Waals surface area (Å²) in [5, 5.41) is 12.7. The molecule has 2 N–H and O–H groups in total. The standard InChI is InChI=1S/C30H33NO4/c1-2-34-14-15-35-25-12-13-26-23(17-25)5-3-4-21-7-6-20(16-27(21)26)19-31-24-10-8-22(9-11-24)28-18-29(28)30(32)33/h6-13,16-17,28-29,31H,2-5,14-15,18-19H2,1H3,(H,32,33). The van der Waals surface area contributed by atoms with Gasteiger partial charge in [-0.05, 0) is 102 Å². The van der Waals surface area contributed by atoms with Crippen LogP contribution >= 0.6 is 0 Å². The molecule has 5 nitrogen and oxygen atoms in total. The zero-order valence-electron chi connectivity index (χ0n) is 20.3. The number of benzene rings is 3. The summed E-state index contributed by atoms with van der Waals surface area (Å²) in [6, 6.07) is 21.5. The lowest BCUT2D eigenvalue weighted by atomic mass is 9.94. The lowest BCUT2D eigenvalue weighted by Crippen LogP contribution is -2.06. The summed E-state index contributed by atoms with van der Waals surface area (Å²) < 4.78 is 11.3. The van der Waals surface area contributed by atoms with Gasteiger partial charge in [0, 0.05) is 18.8 Å². The molecule has 0 bridgehead atoms. The van der Waals surface area contributed by atoms with E-state index in [0.29, 0.717) is 19.8 Å². The van der Waals surface area contributed by atoms with Crippen molar-refractivity contribution in [3.8, 4) is 16.9 Å². The predicted octanol–water partition coefficient (Wildman–Crippen LogP) is 6.06. The van der Waals surface area contributed by atoms with Crippen molar-refractivity contribution in [3.63, 3.8) is 0 Å². The molecule has 2 aliphatic carbocycles. The Morgan fingerprint density at radius 1 is 0.971 bits per heavy atom. The summed E-state index contributed by atoms with van der Waals surface area (Å²) in [6.45, 7) is 4.62. The number of rotatable bonds is 10. The van der Waals surface area contributed by atoms with E-state index in [-0.39, 0.29) is 11.8 Å². The van der Waals surface area contributed by atoms with Gasteiger partial charge in [0.2, 0.25) is 0 Å². The van der Waals surface area contributed by atoms with Crippen LogP contribution in [0.4, 0.5) is 5.69 Å². The molecule has 182 valence electrons. The maximum Gasteiger partial charge on any atom is 0.307 e. The smallest absolute Gasteiger partial charge is 0.307 e. The Labute approximate surface area is 207 Å². The highest BCUT2D eigenvalue weighted by Crippen LogP contribution is 2.47. The van der Waals surface area contributed by atoms with E-state index in [1.54, 1.807) is 0 Å². The molecule has 0 aliphatic heterocycles. The molecule has 2 unspecified atom stereocenters. The average Bonchev–Trinajstić information content (AvgIpc) is 3.69. The van der Waals surface area contributed by atoms with Gasteiger partial charge in [-0.3, -0.25) is 4.79 Å². The molecule has 3 aromatic carbocycles. The summed E-state index contributed by atoms with van der Waals surface area (Å²) >= 11 is 0. The highest BCUT2D eigenvalue weighted by molar-refractivity contribution is 5.75. The van der Waals surface area contributed by atoms with E-state index in [4.69, 9.17) is 14.6 Å². The number of fused-ring (bicyclic) bond motifs is 3. The van der Waals surface area contributed by atoms with E-state index >= 15 is 0 Å². The van der Waals surface area contributed by atoms with Crippen molar-refractivity contribution in [2.24, 2.45) is 5.92 Å². The number of aliphatic carboxylic acids is 1. The molecule has 5 heteroatoms. The Hall–Kier alpha value is -3.31. The molecule has 3 aromatic rings. The third-order valence-electron chi connectivity index (χ3n) is 7.08. The van der Waals surface area contributed by atoms with Gasteiger partial charge in [0.15, 0.2) is 0 Å². The van der Waals surface area contributed by atoms with E-state index in [2.05, 4.69) is 66.0 Å². The SMILES string of the molecule is CCOCCOc1ccc2c(c1)CCCc1ccc(CNc3ccc(C4CC4C(=O)O)cc3)cc1-2. The fourth-order valence-electron chi connectivity index (χ4n) is 5.05. The molecule has 0 saturated heterocycles. The first kappa shape index (κ1) is 23.4. The molecule has 0 spiro atoms. The largest absolute Gasteiger partial charge is 0.491 e. The molecule has 1 saturated carbocycles. The van der Waals surface area contributed by atoms with Crippen molar-refractivity contribution in [3.05, 3.63) is 82.9 Å². The minimum absolute atomic E-state index is 0.168. The second kappa shape index (κ2) is 10.5. The summed E-state index contributed by atoms with van der Waals surface area (Å²) in [4.78, 5) is 11.1. The van der Waals surface area contributed by atoms with Gasteiger partial charge in [0.05, 0.1) is 12.5 Å². The topological polar surface area (TPSA) is 67.8 Å². The van der Waals surface area contributed by atoms with Crippen LogP contribution in [0.2, 0.25) is 0 Å². The Morgan fingerprint density at radius 2 is 1.80 bits per heavy atom. The van der Waals surface area contributed by atoms with Crippen molar-refractivity contribution in [1.82, 2.24) is 0 Å². The van der Waals surface area contributed by atoms with Crippen LogP contribution in [-0.2, 0) is 28.9 Å². The van der Waals surface area contributed by atoms with Gasteiger partial charge in [-0.25, -0.2) is 0 Å². The van der Waals surface area contributed by atoms with Crippen LogP contribution in [0.5, 0.6) is 5.75 Å². The third kappa shape index (κ3) is 5.51. The van der Waals surface area contributed by atoms with Crippen LogP contribution in [0.1, 0.15) is 47.9 Å². The quantitative estimate of drug-likeness (QED) is 0.352. The maximum absolute atomic E-state index is 11.1. The minimum atomic E-state index is -0.688. The van der Waals surface area contributed by atoms with E-state index in [1.807, 2.05) is 6.92 Å². The second-order valence-electron chi connectivity index (χ2n) is 9.47. The lowest BCUT2D eigenvalue weighted by Gasteiger charge is -2.14. The van der Waals surface area contributed by atoms with Gasteiger partial charge in [-0.15, -0.1) is 0 Å². The van der Waals surface area contributed by atoms with Crippen LogP contribution in [0, 0.1) is 5.92 Å². The maximum atomic E-state index is 11.1. The fourth-order valence-corrected chi connectivity index (χ4v) is 5.05. The highest BCUT2D eigenvalue weighted by Gasteiger charge is 2.43. The van der Waals surface area contributed by atoms with Crippen LogP contribution in [0.3, 0.4) is 0 Å². The average molecular weight is 472 g/mol. The molecular weight excluding hydrogens is 438 g/mol. The molecule has 0 aromatic heterocycles. The number of hydrogen-bond donors (Lipinski definition) is 2.